The Bertz CT molecular complexity index is 106. The number of hydrogen-bond acceptors (Lipinski definition) is 2. The molecule has 0 unspecified atom stereocenters. The molecule has 0 aliphatic heterocycles. The zero-order valence-electron chi connectivity index (χ0n) is 7.52. The van der Waals surface area contributed by atoms with Gasteiger partial charge in [-0.2, -0.15) is 6.42 Å². The monoisotopic (exact) mass is 271 g/mol. The quantitative estimate of drug-likeness (QED) is 0.445. The smallest absolute Gasteiger partial charge is 0.547 e. The molecule has 0 saturated heterocycles. The van der Waals surface area contributed by atoms with Crippen molar-refractivity contribution in [1.82, 2.24) is 0 Å². The molecule has 0 bridgehead atoms. The van der Waals surface area contributed by atoms with Crippen LogP contribution in [0.4, 0.5) is 0 Å². The van der Waals surface area contributed by atoms with E-state index in [1.165, 1.54) is 19.3 Å². The molecule has 0 aliphatic rings. The van der Waals surface area contributed by atoms with Crippen LogP contribution >= 0.6 is 23.2 Å². The Morgan fingerprint density at radius 1 is 1.46 bits per heavy atom. The summed E-state index contributed by atoms with van der Waals surface area (Å²) in [5.74, 6) is -1.46. The molecule has 0 amide bonds. The first-order valence-corrected chi connectivity index (χ1v) is 4.71. The summed E-state index contributed by atoms with van der Waals surface area (Å²) in [6.07, 6.45) is 5.07. The van der Waals surface area contributed by atoms with E-state index in [0.29, 0.717) is 0 Å². The number of carboxylic acid groups (broad SMARTS) is 1. The third-order valence-electron chi connectivity index (χ3n) is 1.03. The molecule has 0 spiro atoms. The Kier molecular flexibility index (Phi) is 22.2. The predicted molar refractivity (Wildman–Crippen MR) is 50.0 cm³/mol. The van der Waals surface area contributed by atoms with Crippen LogP contribution in [0.25, 0.3) is 0 Å². The van der Waals surface area contributed by atoms with Gasteiger partial charge in [-0.1, -0.05) is 49.4 Å². The molecule has 0 atom stereocenters. The van der Waals surface area contributed by atoms with Crippen molar-refractivity contribution < 1.29 is 26.7 Å². The second-order valence-corrected chi connectivity index (χ2v) is 3.28. The van der Waals surface area contributed by atoms with Crippen molar-refractivity contribution in [3.05, 3.63) is 6.92 Å². The number of carbonyl (C=O) groups is 1. The van der Waals surface area contributed by atoms with Crippen LogP contribution in [-0.2, 0) is 21.6 Å². The Labute approximate surface area is 100 Å². The van der Waals surface area contributed by atoms with Crippen molar-refractivity contribution in [2.45, 2.75) is 37.4 Å². The molecule has 0 fully saturated rings. The fourth-order valence-electron chi connectivity index (χ4n) is 0.427. The predicted octanol–water partition coefficient (Wildman–Crippen LogP) is 1.94. The van der Waals surface area contributed by atoms with Gasteiger partial charge in [0.25, 0.3) is 0 Å². The average molecular weight is 272 g/mol. The SMILES string of the molecule is O=C([O-])C(Cl)Cl.[CH2-]CCCCC.[Co+2]. The van der Waals surface area contributed by atoms with Crippen LogP contribution in [0.1, 0.15) is 32.6 Å². The van der Waals surface area contributed by atoms with Crippen molar-refractivity contribution in [3.8, 4) is 0 Å². The number of halogens is 2. The van der Waals surface area contributed by atoms with E-state index in [-0.39, 0.29) is 16.8 Å². The van der Waals surface area contributed by atoms with Gasteiger partial charge in [0.2, 0.25) is 0 Å². The van der Waals surface area contributed by atoms with Gasteiger partial charge in [0.15, 0.2) is 0 Å². The number of alkyl halides is 2. The van der Waals surface area contributed by atoms with E-state index in [2.05, 4.69) is 13.8 Å². The van der Waals surface area contributed by atoms with Crippen molar-refractivity contribution in [3.63, 3.8) is 0 Å². The summed E-state index contributed by atoms with van der Waals surface area (Å²) in [5.41, 5.74) is 0. The van der Waals surface area contributed by atoms with Crippen molar-refractivity contribution in [2.24, 2.45) is 0 Å². The molecular weight excluding hydrogens is 258 g/mol. The Hall–Kier alpha value is 0.556. The van der Waals surface area contributed by atoms with Crippen molar-refractivity contribution in [2.75, 3.05) is 0 Å². The molecular formula is C8H14Cl2CoO2. The topological polar surface area (TPSA) is 40.1 Å². The molecule has 0 aromatic rings. The van der Waals surface area contributed by atoms with E-state index >= 15 is 0 Å². The molecule has 0 aromatic carbocycles. The van der Waals surface area contributed by atoms with Crippen LogP contribution < -0.4 is 5.11 Å². The standard InChI is InChI=1S/C6H13.C2H2Cl2O2.Co/c1-3-5-6-4-2;3-1(4)2(5)6;/h1,3-6H2,2H3;1H,(H,5,6);/q-1;;+2/p-1. The van der Waals surface area contributed by atoms with Gasteiger partial charge in [0.05, 0.1) is 5.97 Å². The molecule has 13 heavy (non-hydrogen) atoms. The fourth-order valence-corrected chi connectivity index (χ4v) is 0.427. The molecule has 0 rings (SSSR count). The number of carbonyl (C=O) groups excluding carboxylic acids is 1. The van der Waals surface area contributed by atoms with Crippen LogP contribution in [0.3, 0.4) is 0 Å². The van der Waals surface area contributed by atoms with Gasteiger partial charge in [-0.15, -0.1) is 0 Å². The molecule has 1 radical (unpaired) electrons. The van der Waals surface area contributed by atoms with Gasteiger partial charge in [0.1, 0.15) is 4.84 Å². The number of aliphatic carboxylic acids is 1. The second-order valence-electron chi connectivity index (χ2n) is 2.18. The summed E-state index contributed by atoms with van der Waals surface area (Å²) in [4.78, 5) is 7.93. The van der Waals surface area contributed by atoms with Gasteiger partial charge < -0.3 is 16.8 Å². The van der Waals surface area contributed by atoms with Gasteiger partial charge >= 0.3 is 16.8 Å². The fraction of sp³-hybridized carbons (Fsp3) is 0.750. The Morgan fingerprint density at radius 2 is 1.85 bits per heavy atom. The first kappa shape index (κ1) is 19.2. The zero-order valence-corrected chi connectivity index (χ0v) is 10.1. The van der Waals surface area contributed by atoms with Gasteiger partial charge in [-0.25, -0.2) is 0 Å². The summed E-state index contributed by atoms with van der Waals surface area (Å²) in [5, 5.41) is 9.32. The molecule has 0 aromatic heterocycles. The minimum absolute atomic E-state index is 0. The summed E-state index contributed by atoms with van der Waals surface area (Å²) in [6, 6.07) is 0. The van der Waals surface area contributed by atoms with E-state index in [4.69, 9.17) is 23.2 Å². The molecule has 0 N–H and O–H groups in total. The van der Waals surface area contributed by atoms with Crippen LogP contribution in [0.15, 0.2) is 0 Å². The van der Waals surface area contributed by atoms with E-state index in [1.54, 1.807) is 0 Å². The first-order chi connectivity index (χ1) is 5.56. The molecule has 0 saturated carbocycles. The Morgan fingerprint density at radius 3 is 1.92 bits per heavy atom. The molecule has 0 heterocycles. The van der Waals surface area contributed by atoms with Crippen molar-refractivity contribution >= 4 is 29.2 Å². The molecule has 2 nitrogen and oxygen atoms in total. The van der Waals surface area contributed by atoms with E-state index < -0.39 is 10.8 Å². The Balaban J connectivity index is -0.000000143. The normalized spacial score (nSPS) is 8.38. The van der Waals surface area contributed by atoms with E-state index in [0.717, 1.165) is 6.42 Å². The maximum absolute atomic E-state index is 9.32. The van der Waals surface area contributed by atoms with Crippen molar-refractivity contribution in [1.29, 1.82) is 0 Å². The maximum atomic E-state index is 9.32. The summed E-state index contributed by atoms with van der Waals surface area (Å²) in [6.45, 7) is 5.93. The van der Waals surface area contributed by atoms with Gasteiger partial charge in [-0.3, -0.25) is 0 Å². The molecule has 0 aliphatic carbocycles. The minimum atomic E-state index is -1.46. The molecule has 5 heteroatoms. The third-order valence-corrected chi connectivity index (χ3v) is 1.39. The van der Waals surface area contributed by atoms with Crippen LogP contribution in [-0.4, -0.2) is 10.8 Å². The summed E-state index contributed by atoms with van der Waals surface area (Å²) >= 11 is 9.43. The van der Waals surface area contributed by atoms with Gasteiger partial charge in [0, 0.05) is 0 Å². The average Bonchev–Trinajstić information content (AvgIpc) is 2.02. The third kappa shape index (κ3) is 24.5. The van der Waals surface area contributed by atoms with Crippen LogP contribution in [0.5, 0.6) is 0 Å². The molecule has 81 valence electrons. The zero-order chi connectivity index (χ0) is 9.98. The number of rotatable bonds is 4. The second kappa shape index (κ2) is 15.0. The number of unbranched alkanes of at least 4 members (excludes halogenated alkanes) is 3. The summed E-state index contributed by atoms with van der Waals surface area (Å²) in [7, 11) is 0. The first-order valence-electron chi connectivity index (χ1n) is 3.84. The minimum Gasteiger partial charge on any atom is -0.547 e. The summed E-state index contributed by atoms with van der Waals surface area (Å²) < 4.78 is 0. The van der Waals surface area contributed by atoms with Gasteiger partial charge in [-0.05, 0) is 0 Å². The van der Waals surface area contributed by atoms with Crippen LogP contribution in [0.2, 0.25) is 0 Å². The van der Waals surface area contributed by atoms with Crippen LogP contribution in [0, 0.1) is 6.92 Å². The number of carboxylic acids is 1. The number of hydrogen-bond donors (Lipinski definition) is 0. The van der Waals surface area contributed by atoms with E-state index in [9.17, 15) is 9.90 Å². The maximum Gasteiger partial charge on any atom is 2.00 e. The van der Waals surface area contributed by atoms with E-state index in [1.807, 2.05) is 0 Å². The largest absolute Gasteiger partial charge is 2.00 e.